The first kappa shape index (κ1) is 25.4. The number of carbonyl (C=O) groups excluding carboxylic acids is 3. The summed E-state index contributed by atoms with van der Waals surface area (Å²) in [5.41, 5.74) is 1.88. The molecule has 4 fully saturated rings. The van der Waals surface area contributed by atoms with Gasteiger partial charge in [0.25, 0.3) is 5.91 Å². The van der Waals surface area contributed by atoms with Gasteiger partial charge in [-0.2, -0.15) is 0 Å². The van der Waals surface area contributed by atoms with Crippen LogP contribution in [0.1, 0.15) is 87.1 Å². The molecule has 2 amide bonds. The second-order valence-electron chi connectivity index (χ2n) is 11.5. The fourth-order valence-corrected chi connectivity index (χ4v) is 6.75. The van der Waals surface area contributed by atoms with Crippen LogP contribution >= 0.6 is 0 Å². The summed E-state index contributed by atoms with van der Waals surface area (Å²) in [6.45, 7) is 7.33. The summed E-state index contributed by atoms with van der Waals surface area (Å²) < 4.78 is 5.59. The number of benzene rings is 1. The van der Waals surface area contributed by atoms with Gasteiger partial charge in [-0.3, -0.25) is 14.4 Å². The van der Waals surface area contributed by atoms with Crippen LogP contribution in [-0.2, 0) is 14.3 Å². The van der Waals surface area contributed by atoms with E-state index in [1.165, 1.54) is 12.0 Å². The third-order valence-corrected chi connectivity index (χ3v) is 8.97. The first-order valence-corrected chi connectivity index (χ1v) is 14.0. The third kappa shape index (κ3) is 5.23. The Morgan fingerprint density at radius 1 is 0.944 bits per heavy atom. The molecule has 1 N–H and O–H groups in total. The topological polar surface area (TPSA) is 79.0 Å². The van der Waals surface area contributed by atoms with Crippen LogP contribution in [0.5, 0.6) is 0 Å². The van der Waals surface area contributed by atoms with Gasteiger partial charge in [0.2, 0.25) is 5.91 Å². The normalized spacial score (nSPS) is 26.9. The molecule has 7 heteroatoms. The van der Waals surface area contributed by atoms with Crippen LogP contribution in [0.25, 0.3) is 0 Å². The van der Waals surface area contributed by atoms with Crippen LogP contribution in [0.15, 0.2) is 24.3 Å². The average Bonchev–Trinajstić information content (AvgIpc) is 3.50. The first-order chi connectivity index (χ1) is 17.4. The fraction of sp³-hybridized carbons (Fsp3) is 0.690. The van der Waals surface area contributed by atoms with E-state index in [2.05, 4.69) is 36.2 Å². The van der Waals surface area contributed by atoms with E-state index in [-0.39, 0.29) is 36.2 Å². The van der Waals surface area contributed by atoms with Gasteiger partial charge < -0.3 is 19.9 Å². The minimum absolute atomic E-state index is 0.0191. The van der Waals surface area contributed by atoms with E-state index in [4.69, 9.17) is 4.74 Å². The Bertz CT molecular complexity index is 948. The maximum absolute atomic E-state index is 13.7. The Labute approximate surface area is 214 Å². The van der Waals surface area contributed by atoms with Gasteiger partial charge in [-0.1, -0.05) is 31.4 Å². The number of piperidine rings is 1. The minimum atomic E-state index is -0.593. The molecule has 7 nitrogen and oxygen atoms in total. The smallest absolute Gasteiger partial charge is 0.251 e. The van der Waals surface area contributed by atoms with Gasteiger partial charge in [0.05, 0.1) is 6.10 Å². The molecule has 0 radical (unpaired) electrons. The molecule has 4 aliphatic rings. The van der Waals surface area contributed by atoms with Crippen molar-refractivity contribution in [2.45, 2.75) is 95.4 Å². The lowest BCUT2D eigenvalue weighted by Gasteiger charge is -2.35. The Morgan fingerprint density at radius 3 is 2.31 bits per heavy atom. The highest BCUT2D eigenvalue weighted by atomic mass is 16.5. The number of hydrogen-bond donors (Lipinski definition) is 1. The monoisotopic (exact) mass is 495 g/mol. The SMILES string of the molecule is CC(C)N1CCC(c2ccc(C(=O)NC(C(=O)N3CC[C@H]4OCC(=O)[C@H]43)C3CCCCC3)cc2)CC1. The number of ketones is 1. The van der Waals surface area contributed by atoms with Gasteiger partial charge in [0.15, 0.2) is 5.78 Å². The number of ether oxygens (including phenoxy) is 1. The molecule has 0 bridgehead atoms. The molecule has 0 aromatic heterocycles. The molecule has 1 aliphatic carbocycles. The van der Waals surface area contributed by atoms with Crippen molar-refractivity contribution in [3.63, 3.8) is 0 Å². The Balaban J connectivity index is 1.27. The van der Waals surface area contributed by atoms with Crippen molar-refractivity contribution in [3.05, 3.63) is 35.4 Å². The van der Waals surface area contributed by atoms with E-state index in [1.54, 1.807) is 4.90 Å². The first-order valence-electron chi connectivity index (χ1n) is 14.0. The van der Waals surface area contributed by atoms with Gasteiger partial charge >= 0.3 is 0 Å². The number of amides is 2. The summed E-state index contributed by atoms with van der Waals surface area (Å²) in [5, 5.41) is 3.10. The molecular formula is C29H41N3O4. The minimum Gasteiger partial charge on any atom is -0.368 e. The molecule has 196 valence electrons. The predicted octanol–water partition coefficient (Wildman–Crippen LogP) is 3.52. The largest absolute Gasteiger partial charge is 0.368 e. The summed E-state index contributed by atoms with van der Waals surface area (Å²) in [5.74, 6) is 0.300. The van der Waals surface area contributed by atoms with E-state index >= 15 is 0 Å². The van der Waals surface area contributed by atoms with Crippen LogP contribution in [0.3, 0.4) is 0 Å². The zero-order chi connectivity index (χ0) is 25.2. The van der Waals surface area contributed by atoms with Crippen molar-refractivity contribution in [3.8, 4) is 0 Å². The zero-order valence-electron chi connectivity index (χ0n) is 21.8. The maximum Gasteiger partial charge on any atom is 0.251 e. The number of fused-ring (bicyclic) bond motifs is 1. The zero-order valence-corrected chi connectivity index (χ0v) is 21.8. The van der Waals surface area contributed by atoms with Crippen molar-refractivity contribution >= 4 is 17.6 Å². The van der Waals surface area contributed by atoms with Crippen LogP contribution < -0.4 is 5.32 Å². The van der Waals surface area contributed by atoms with Crippen LogP contribution in [-0.4, -0.2) is 77.9 Å². The lowest BCUT2D eigenvalue weighted by Crippen LogP contribution is -2.55. The second-order valence-corrected chi connectivity index (χ2v) is 11.5. The van der Waals surface area contributed by atoms with Crippen LogP contribution in [0.2, 0.25) is 0 Å². The number of likely N-dealkylation sites (tertiary alicyclic amines) is 2. The molecule has 3 saturated heterocycles. The van der Waals surface area contributed by atoms with Crippen molar-refractivity contribution < 1.29 is 19.1 Å². The predicted molar refractivity (Wildman–Crippen MR) is 138 cm³/mol. The van der Waals surface area contributed by atoms with E-state index in [1.807, 2.05) is 12.1 Å². The molecule has 3 atom stereocenters. The molecule has 1 unspecified atom stereocenters. The second kappa shape index (κ2) is 11.0. The molecule has 3 aliphatic heterocycles. The lowest BCUT2D eigenvalue weighted by molar-refractivity contribution is -0.139. The van der Waals surface area contributed by atoms with Crippen molar-refractivity contribution in [2.75, 3.05) is 26.2 Å². The standard InChI is InChI=1S/C29H41N3O4/c1-19(2)31-15-12-21(13-16-31)20-8-10-23(11-9-20)28(34)30-26(22-6-4-3-5-7-22)29(35)32-17-14-25-27(32)24(33)18-36-25/h8-11,19,21-22,25-27H,3-7,12-18H2,1-2H3,(H,30,34)/t25-,26?,27-/m1/s1. The molecule has 36 heavy (non-hydrogen) atoms. The Kier molecular flexibility index (Phi) is 7.77. The summed E-state index contributed by atoms with van der Waals surface area (Å²) in [6.07, 6.45) is 7.95. The van der Waals surface area contributed by atoms with Crippen molar-refractivity contribution in [2.24, 2.45) is 5.92 Å². The number of carbonyl (C=O) groups is 3. The molecule has 5 rings (SSSR count). The molecule has 3 heterocycles. The fourth-order valence-electron chi connectivity index (χ4n) is 6.75. The Hall–Kier alpha value is -2.25. The summed E-state index contributed by atoms with van der Waals surface area (Å²) in [7, 11) is 0. The molecule has 0 spiro atoms. The van der Waals surface area contributed by atoms with E-state index < -0.39 is 12.1 Å². The van der Waals surface area contributed by atoms with E-state index in [9.17, 15) is 14.4 Å². The quantitative estimate of drug-likeness (QED) is 0.653. The lowest BCUT2D eigenvalue weighted by atomic mass is 9.83. The average molecular weight is 496 g/mol. The van der Waals surface area contributed by atoms with Gasteiger partial charge in [0.1, 0.15) is 18.7 Å². The van der Waals surface area contributed by atoms with E-state index in [0.29, 0.717) is 30.5 Å². The van der Waals surface area contributed by atoms with Crippen molar-refractivity contribution in [1.82, 2.24) is 15.1 Å². The van der Waals surface area contributed by atoms with E-state index in [0.717, 1.165) is 51.6 Å². The van der Waals surface area contributed by atoms with Crippen LogP contribution in [0.4, 0.5) is 0 Å². The summed E-state index contributed by atoms with van der Waals surface area (Å²) in [6, 6.07) is 7.49. The highest BCUT2D eigenvalue weighted by Crippen LogP contribution is 2.32. The number of Topliss-reactive ketones (excluding diaryl/α,β-unsaturated/α-hetero) is 1. The summed E-state index contributed by atoms with van der Waals surface area (Å²) in [4.78, 5) is 43.7. The van der Waals surface area contributed by atoms with Gasteiger partial charge in [-0.15, -0.1) is 0 Å². The maximum atomic E-state index is 13.7. The highest BCUT2D eigenvalue weighted by molar-refractivity contribution is 5.99. The third-order valence-electron chi connectivity index (χ3n) is 8.97. The summed E-state index contributed by atoms with van der Waals surface area (Å²) >= 11 is 0. The number of nitrogens with one attached hydrogen (secondary N) is 1. The molecule has 1 saturated carbocycles. The van der Waals surface area contributed by atoms with Gasteiger partial charge in [0, 0.05) is 18.2 Å². The number of nitrogens with zero attached hydrogens (tertiary/aromatic N) is 2. The molecule has 1 aromatic rings. The number of hydrogen-bond acceptors (Lipinski definition) is 5. The van der Waals surface area contributed by atoms with Gasteiger partial charge in [-0.05, 0) is 88.6 Å². The van der Waals surface area contributed by atoms with Gasteiger partial charge in [-0.25, -0.2) is 0 Å². The highest BCUT2D eigenvalue weighted by Gasteiger charge is 2.49. The molecular weight excluding hydrogens is 454 g/mol. The van der Waals surface area contributed by atoms with Crippen LogP contribution in [0, 0.1) is 5.92 Å². The molecule has 1 aromatic carbocycles. The number of rotatable bonds is 6. The Morgan fingerprint density at radius 2 is 1.64 bits per heavy atom. The van der Waals surface area contributed by atoms with Crippen molar-refractivity contribution in [1.29, 1.82) is 0 Å².